The van der Waals surface area contributed by atoms with Gasteiger partial charge in [-0.15, -0.1) is 11.8 Å². The lowest BCUT2D eigenvalue weighted by atomic mass is 10.3. The fraction of sp³-hybridized carbons (Fsp3) is 0.462. The molecular weight excluding hydrogens is 248 g/mol. The van der Waals surface area contributed by atoms with Crippen molar-refractivity contribution in [3.05, 3.63) is 24.3 Å². The van der Waals surface area contributed by atoms with Crippen molar-refractivity contribution in [1.82, 2.24) is 0 Å². The first-order valence-corrected chi connectivity index (χ1v) is 7.15. The molecule has 1 aromatic rings. The van der Waals surface area contributed by atoms with E-state index in [1.54, 1.807) is 11.8 Å². The Kier molecular flexibility index (Phi) is 4.01. The molecule has 0 radical (unpaired) electrons. The maximum absolute atomic E-state index is 11.1. The fourth-order valence-electron chi connectivity index (χ4n) is 1.98. The Labute approximate surface area is 111 Å². The Morgan fingerprint density at radius 3 is 2.44 bits per heavy atom. The summed E-state index contributed by atoms with van der Waals surface area (Å²) in [5.74, 6) is 0.143. The lowest BCUT2D eigenvalue weighted by Crippen LogP contribution is -2.40. The van der Waals surface area contributed by atoms with Gasteiger partial charge in [-0.25, -0.2) is 0 Å². The zero-order chi connectivity index (χ0) is 13.0. The van der Waals surface area contributed by atoms with Crippen LogP contribution in [0.25, 0.3) is 0 Å². The number of para-hydroxylation sites is 2. The quantitative estimate of drug-likeness (QED) is 0.690. The van der Waals surface area contributed by atoms with Crippen molar-refractivity contribution in [3.63, 3.8) is 0 Å². The van der Waals surface area contributed by atoms with E-state index in [4.69, 9.17) is 5.11 Å². The van der Waals surface area contributed by atoms with E-state index >= 15 is 0 Å². The van der Waals surface area contributed by atoms with Crippen LogP contribution >= 0.6 is 11.8 Å². The molecule has 4 nitrogen and oxygen atoms in total. The molecule has 98 valence electrons. The second-order valence-corrected chi connectivity index (χ2v) is 5.79. The molecule has 0 saturated heterocycles. The first kappa shape index (κ1) is 13.1. The molecule has 1 heterocycles. The third kappa shape index (κ3) is 2.90. The van der Waals surface area contributed by atoms with E-state index in [1.807, 2.05) is 24.3 Å². The van der Waals surface area contributed by atoms with Gasteiger partial charge < -0.3 is 15.7 Å². The largest absolute Gasteiger partial charge is 0.481 e. The number of nitrogens with one attached hydrogen (secondary N) is 2. The van der Waals surface area contributed by atoms with Gasteiger partial charge in [-0.1, -0.05) is 25.5 Å². The Hall–Kier alpha value is -1.36. The molecule has 0 spiro atoms. The van der Waals surface area contributed by atoms with Gasteiger partial charge in [0.1, 0.15) is 0 Å². The van der Waals surface area contributed by atoms with Crippen molar-refractivity contribution in [2.45, 2.75) is 31.2 Å². The summed E-state index contributed by atoms with van der Waals surface area (Å²) >= 11 is 1.64. The molecule has 0 aliphatic carbocycles. The number of thioether (sulfide) groups is 1. The summed E-state index contributed by atoms with van der Waals surface area (Å²) in [6, 6.07) is 7.82. The van der Waals surface area contributed by atoms with Crippen molar-refractivity contribution in [2.75, 3.05) is 16.4 Å². The fourth-order valence-corrected chi connectivity index (χ4v) is 3.35. The van der Waals surface area contributed by atoms with Crippen molar-refractivity contribution >= 4 is 29.1 Å². The highest BCUT2D eigenvalue weighted by molar-refractivity contribution is 8.00. The standard InChI is InChI=1S/C13H18N2O2S/c1-2-3-8-18-13(9-12(16)17)14-10-6-4-5-7-11(10)15-13/h4-7,14-15H,2-3,8-9H2,1H3,(H,16,17). The van der Waals surface area contributed by atoms with Gasteiger partial charge in [0.05, 0.1) is 17.8 Å². The predicted octanol–water partition coefficient (Wildman–Crippen LogP) is 3.19. The molecule has 0 aromatic heterocycles. The number of benzene rings is 1. The van der Waals surface area contributed by atoms with E-state index in [-0.39, 0.29) is 6.42 Å². The number of unbranched alkanes of at least 4 members (excludes halogenated alkanes) is 1. The van der Waals surface area contributed by atoms with Gasteiger partial charge in [0.2, 0.25) is 0 Å². The van der Waals surface area contributed by atoms with Gasteiger partial charge in [-0.05, 0) is 24.3 Å². The minimum absolute atomic E-state index is 0.0516. The molecule has 1 aliphatic heterocycles. The molecule has 2 rings (SSSR count). The smallest absolute Gasteiger partial charge is 0.308 e. The molecule has 3 N–H and O–H groups in total. The average Bonchev–Trinajstić information content (AvgIpc) is 2.66. The van der Waals surface area contributed by atoms with Crippen LogP contribution < -0.4 is 10.6 Å². The zero-order valence-electron chi connectivity index (χ0n) is 10.4. The predicted molar refractivity (Wildman–Crippen MR) is 76.0 cm³/mol. The third-order valence-electron chi connectivity index (χ3n) is 2.85. The second-order valence-electron chi connectivity index (χ2n) is 4.40. The summed E-state index contributed by atoms with van der Waals surface area (Å²) in [5.41, 5.74) is 1.95. The lowest BCUT2D eigenvalue weighted by Gasteiger charge is -2.28. The first-order chi connectivity index (χ1) is 8.65. The Balaban J connectivity index is 2.11. The monoisotopic (exact) mass is 266 g/mol. The molecule has 0 amide bonds. The maximum Gasteiger partial charge on any atom is 0.308 e. The Morgan fingerprint density at radius 1 is 1.33 bits per heavy atom. The van der Waals surface area contributed by atoms with Crippen molar-refractivity contribution in [2.24, 2.45) is 0 Å². The maximum atomic E-state index is 11.1. The number of fused-ring (bicyclic) bond motifs is 1. The van der Waals surface area contributed by atoms with Crippen LogP contribution in [-0.2, 0) is 4.79 Å². The summed E-state index contributed by atoms with van der Waals surface area (Å²) in [5, 5.41) is 15.7. The number of carbonyl (C=O) groups is 1. The van der Waals surface area contributed by atoms with Gasteiger partial charge in [0.25, 0.3) is 0 Å². The van der Waals surface area contributed by atoms with E-state index < -0.39 is 11.0 Å². The molecule has 0 fully saturated rings. The number of carboxylic acids is 1. The lowest BCUT2D eigenvalue weighted by molar-refractivity contribution is -0.137. The minimum Gasteiger partial charge on any atom is -0.481 e. The van der Waals surface area contributed by atoms with Crippen LogP contribution in [-0.4, -0.2) is 21.8 Å². The highest BCUT2D eigenvalue weighted by Gasteiger charge is 2.38. The van der Waals surface area contributed by atoms with E-state index in [0.717, 1.165) is 30.0 Å². The number of aliphatic carboxylic acids is 1. The summed E-state index contributed by atoms with van der Waals surface area (Å²) in [4.78, 5) is 10.4. The molecule has 5 heteroatoms. The normalized spacial score (nSPS) is 15.6. The molecule has 0 unspecified atom stereocenters. The molecule has 18 heavy (non-hydrogen) atoms. The van der Waals surface area contributed by atoms with Gasteiger partial charge in [0, 0.05) is 0 Å². The van der Waals surface area contributed by atoms with Crippen LogP contribution in [0.5, 0.6) is 0 Å². The molecule has 1 aromatic carbocycles. The SMILES string of the molecule is CCCCSC1(CC(=O)O)Nc2ccccc2N1. The number of hydrogen-bond donors (Lipinski definition) is 3. The highest BCUT2D eigenvalue weighted by Crippen LogP contribution is 2.41. The summed E-state index contributed by atoms with van der Waals surface area (Å²) < 4.78 is 0. The van der Waals surface area contributed by atoms with Crippen LogP contribution in [0.3, 0.4) is 0 Å². The summed E-state index contributed by atoms with van der Waals surface area (Å²) in [6.45, 7) is 2.13. The molecule has 0 saturated carbocycles. The molecule has 1 aliphatic rings. The second kappa shape index (κ2) is 5.52. The minimum atomic E-state index is -0.799. The Morgan fingerprint density at radius 2 is 1.94 bits per heavy atom. The van der Waals surface area contributed by atoms with E-state index in [1.165, 1.54) is 0 Å². The van der Waals surface area contributed by atoms with E-state index in [0.29, 0.717) is 0 Å². The van der Waals surface area contributed by atoms with Gasteiger partial charge >= 0.3 is 5.97 Å². The van der Waals surface area contributed by atoms with Crippen LogP contribution in [0.2, 0.25) is 0 Å². The zero-order valence-corrected chi connectivity index (χ0v) is 11.2. The van der Waals surface area contributed by atoms with Crippen molar-refractivity contribution < 1.29 is 9.90 Å². The number of carboxylic acid groups (broad SMARTS) is 1. The number of anilines is 2. The molecule has 0 bridgehead atoms. The number of rotatable bonds is 6. The van der Waals surface area contributed by atoms with Gasteiger partial charge in [0.15, 0.2) is 4.99 Å². The molecular formula is C13H18N2O2S. The van der Waals surface area contributed by atoms with Crippen LogP contribution in [0.15, 0.2) is 24.3 Å². The van der Waals surface area contributed by atoms with E-state index in [9.17, 15) is 4.79 Å². The Bertz CT molecular complexity index is 412. The highest BCUT2D eigenvalue weighted by atomic mass is 32.2. The topological polar surface area (TPSA) is 61.4 Å². The van der Waals surface area contributed by atoms with E-state index in [2.05, 4.69) is 17.6 Å². The number of hydrogen-bond acceptors (Lipinski definition) is 4. The first-order valence-electron chi connectivity index (χ1n) is 6.16. The van der Waals surface area contributed by atoms with Crippen LogP contribution in [0, 0.1) is 0 Å². The van der Waals surface area contributed by atoms with Crippen LogP contribution in [0.1, 0.15) is 26.2 Å². The van der Waals surface area contributed by atoms with Gasteiger partial charge in [-0.2, -0.15) is 0 Å². The van der Waals surface area contributed by atoms with Crippen molar-refractivity contribution in [1.29, 1.82) is 0 Å². The van der Waals surface area contributed by atoms with Crippen LogP contribution in [0.4, 0.5) is 11.4 Å². The average molecular weight is 266 g/mol. The molecule has 0 atom stereocenters. The summed E-state index contributed by atoms with van der Waals surface area (Å²) in [6.07, 6.45) is 2.25. The van der Waals surface area contributed by atoms with Crippen molar-refractivity contribution in [3.8, 4) is 0 Å². The third-order valence-corrected chi connectivity index (χ3v) is 4.18. The summed E-state index contributed by atoms with van der Waals surface area (Å²) in [7, 11) is 0. The van der Waals surface area contributed by atoms with Gasteiger partial charge in [-0.3, -0.25) is 4.79 Å².